The summed E-state index contributed by atoms with van der Waals surface area (Å²) in [7, 11) is 1.98. The van der Waals surface area contributed by atoms with Crippen LogP contribution in [0.4, 0.5) is 18.9 Å². The van der Waals surface area contributed by atoms with Crippen molar-refractivity contribution in [3.05, 3.63) is 28.8 Å². The first-order valence-corrected chi connectivity index (χ1v) is 6.64. The van der Waals surface area contributed by atoms with Crippen molar-refractivity contribution in [2.45, 2.75) is 12.3 Å². The number of hydrogen-bond donors (Lipinski definition) is 1. The third-order valence-electron chi connectivity index (χ3n) is 3.10. The van der Waals surface area contributed by atoms with E-state index in [1.807, 2.05) is 7.05 Å². The largest absolute Gasteiger partial charge is 0.416 e. The Balaban J connectivity index is 2.00. The van der Waals surface area contributed by atoms with Crippen LogP contribution in [0.25, 0.3) is 0 Å². The number of rotatable bonds is 3. The average molecular weight is 309 g/mol. The zero-order valence-corrected chi connectivity index (χ0v) is 11.8. The van der Waals surface area contributed by atoms with Gasteiger partial charge in [0, 0.05) is 30.3 Å². The summed E-state index contributed by atoms with van der Waals surface area (Å²) < 4.78 is 43.6. The number of hydrogen-bond acceptors (Lipinski definition) is 3. The number of halogens is 4. The summed E-state index contributed by atoms with van der Waals surface area (Å²) in [6.07, 6.45) is -4.44. The van der Waals surface area contributed by atoms with Gasteiger partial charge in [-0.05, 0) is 25.2 Å². The summed E-state index contributed by atoms with van der Waals surface area (Å²) >= 11 is 5.72. The second-order valence-corrected chi connectivity index (χ2v) is 5.30. The molecule has 1 aliphatic heterocycles. The molecule has 1 N–H and O–H groups in total. The molecule has 1 aliphatic rings. The van der Waals surface area contributed by atoms with E-state index in [0.717, 1.165) is 25.2 Å². The third kappa shape index (κ3) is 4.26. The number of ether oxygens (including phenoxy) is 1. The van der Waals surface area contributed by atoms with Crippen LogP contribution in [-0.4, -0.2) is 44.3 Å². The molecule has 20 heavy (non-hydrogen) atoms. The molecule has 1 aromatic rings. The van der Waals surface area contributed by atoms with Gasteiger partial charge in [0.05, 0.1) is 18.3 Å². The molecule has 1 heterocycles. The second kappa shape index (κ2) is 6.20. The molecule has 0 spiro atoms. The van der Waals surface area contributed by atoms with Crippen molar-refractivity contribution in [3.8, 4) is 0 Å². The molecule has 1 aromatic carbocycles. The standard InChI is InChI=1S/C13H16ClF3N2O/c1-19-2-3-20-12(8-19)7-18-11-5-9(13(15,16)17)4-10(14)6-11/h4-6,12,18H,2-3,7-8H2,1H3. The number of likely N-dealkylation sites (N-methyl/N-ethyl adjacent to an activating group) is 1. The summed E-state index contributed by atoms with van der Waals surface area (Å²) in [6.45, 7) is 2.69. The van der Waals surface area contributed by atoms with Gasteiger partial charge in [-0.3, -0.25) is 0 Å². The molecule has 0 aliphatic carbocycles. The quantitative estimate of drug-likeness (QED) is 0.928. The summed E-state index contributed by atoms with van der Waals surface area (Å²) in [5, 5.41) is 3.01. The predicted octanol–water partition coefficient (Wildman–Crippen LogP) is 3.10. The number of nitrogens with one attached hydrogen (secondary N) is 1. The molecular formula is C13H16ClF3N2O. The van der Waals surface area contributed by atoms with Gasteiger partial charge in [0.15, 0.2) is 0 Å². The summed E-state index contributed by atoms with van der Waals surface area (Å²) in [4.78, 5) is 2.12. The lowest BCUT2D eigenvalue weighted by atomic mass is 10.2. The van der Waals surface area contributed by atoms with Crippen LogP contribution < -0.4 is 5.32 Å². The van der Waals surface area contributed by atoms with Gasteiger partial charge in [0.1, 0.15) is 0 Å². The Kier molecular flexibility index (Phi) is 4.78. The molecule has 112 valence electrons. The highest BCUT2D eigenvalue weighted by Gasteiger charge is 2.31. The number of anilines is 1. The van der Waals surface area contributed by atoms with Crippen molar-refractivity contribution in [1.82, 2.24) is 4.90 Å². The van der Waals surface area contributed by atoms with E-state index in [1.165, 1.54) is 6.07 Å². The molecule has 3 nitrogen and oxygen atoms in total. The van der Waals surface area contributed by atoms with Gasteiger partial charge in [0.2, 0.25) is 0 Å². The first kappa shape index (κ1) is 15.4. The van der Waals surface area contributed by atoms with Gasteiger partial charge >= 0.3 is 6.18 Å². The van der Waals surface area contributed by atoms with Gasteiger partial charge in [-0.2, -0.15) is 13.2 Å². The molecule has 0 radical (unpaired) electrons. The van der Waals surface area contributed by atoms with Crippen molar-refractivity contribution in [2.24, 2.45) is 0 Å². The summed E-state index contributed by atoms with van der Waals surface area (Å²) in [5.41, 5.74) is -0.407. The monoisotopic (exact) mass is 308 g/mol. The molecule has 7 heteroatoms. The Morgan fingerprint density at radius 2 is 2.15 bits per heavy atom. The van der Waals surface area contributed by atoms with Crippen molar-refractivity contribution in [2.75, 3.05) is 38.6 Å². The predicted molar refractivity (Wildman–Crippen MR) is 72.2 cm³/mol. The number of benzene rings is 1. The Bertz CT molecular complexity index is 467. The fourth-order valence-electron chi connectivity index (χ4n) is 2.08. The first-order valence-electron chi connectivity index (χ1n) is 6.26. The van der Waals surface area contributed by atoms with E-state index in [4.69, 9.17) is 16.3 Å². The lowest BCUT2D eigenvalue weighted by Crippen LogP contribution is -2.43. The highest BCUT2D eigenvalue weighted by molar-refractivity contribution is 6.30. The van der Waals surface area contributed by atoms with Gasteiger partial charge in [-0.25, -0.2) is 0 Å². The van der Waals surface area contributed by atoms with E-state index >= 15 is 0 Å². The van der Waals surface area contributed by atoms with Crippen LogP contribution in [0.5, 0.6) is 0 Å². The van der Waals surface area contributed by atoms with Crippen molar-refractivity contribution in [1.29, 1.82) is 0 Å². The SMILES string of the molecule is CN1CCOC(CNc2cc(Cl)cc(C(F)(F)F)c2)C1. The van der Waals surface area contributed by atoms with Crippen molar-refractivity contribution < 1.29 is 17.9 Å². The Morgan fingerprint density at radius 3 is 2.80 bits per heavy atom. The summed E-state index contributed by atoms with van der Waals surface area (Å²) in [6, 6.07) is 3.44. The molecule has 1 atom stereocenters. The number of alkyl halides is 3. The smallest absolute Gasteiger partial charge is 0.382 e. The minimum Gasteiger partial charge on any atom is -0.382 e. The molecule has 1 unspecified atom stereocenters. The van der Waals surface area contributed by atoms with E-state index in [2.05, 4.69) is 10.2 Å². The van der Waals surface area contributed by atoms with Crippen molar-refractivity contribution in [3.63, 3.8) is 0 Å². The maximum Gasteiger partial charge on any atom is 0.416 e. The zero-order chi connectivity index (χ0) is 14.8. The summed E-state index contributed by atoms with van der Waals surface area (Å²) in [5.74, 6) is 0. The van der Waals surface area contributed by atoms with E-state index in [-0.39, 0.29) is 11.1 Å². The van der Waals surface area contributed by atoms with Crippen LogP contribution in [0, 0.1) is 0 Å². The molecule has 0 saturated carbocycles. The highest BCUT2D eigenvalue weighted by Crippen LogP contribution is 2.33. The van der Waals surface area contributed by atoms with Crippen LogP contribution in [0.15, 0.2) is 18.2 Å². The maximum absolute atomic E-state index is 12.7. The molecule has 1 saturated heterocycles. The molecule has 1 fully saturated rings. The van der Waals surface area contributed by atoms with E-state index < -0.39 is 11.7 Å². The lowest BCUT2D eigenvalue weighted by molar-refractivity contribution is -0.137. The third-order valence-corrected chi connectivity index (χ3v) is 3.32. The van der Waals surface area contributed by atoms with Gasteiger partial charge in [0.25, 0.3) is 0 Å². The van der Waals surface area contributed by atoms with Gasteiger partial charge in [-0.1, -0.05) is 11.6 Å². The topological polar surface area (TPSA) is 24.5 Å². The fraction of sp³-hybridized carbons (Fsp3) is 0.538. The Hall–Kier alpha value is -0.980. The lowest BCUT2D eigenvalue weighted by Gasteiger charge is -2.30. The Morgan fingerprint density at radius 1 is 1.40 bits per heavy atom. The van der Waals surface area contributed by atoms with Gasteiger partial charge in [-0.15, -0.1) is 0 Å². The van der Waals surface area contributed by atoms with E-state index in [1.54, 1.807) is 0 Å². The van der Waals surface area contributed by atoms with Crippen molar-refractivity contribution >= 4 is 17.3 Å². The van der Waals surface area contributed by atoms with E-state index in [0.29, 0.717) is 18.8 Å². The fourth-order valence-corrected chi connectivity index (χ4v) is 2.31. The number of morpholine rings is 1. The van der Waals surface area contributed by atoms with Crippen LogP contribution in [0.3, 0.4) is 0 Å². The Labute approximate surface area is 120 Å². The van der Waals surface area contributed by atoms with Crippen LogP contribution >= 0.6 is 11.6 Å². The average Bonchev–Trinajstić information content (AvgIpc) is 2.35. The molecule has 2 rings (SSSR count). The van der Waals surface area contributed by atoms with Crippen LogP contribution in [-0.2, 0) is 10.9 Å². The molecular weight excluding hydrogens is 293 g/mol. The molecule has 0 bridgehead atoms. The minimum absolute atomic E-state index is 0.0398. The zero-order valence-electron chi connectivity index (χ0n) is 11.0. The maximum atomic E-state index is 12.7. The van der Waals surface area contributed by atoms with Crippen LogP contribution in [0.2, 0.25) is 5.02 Å². The highest BCUT2D eigenvalue weighted by atomic mass is 35.5. The second-order valence-electron chi connectivity index (χ2n) is 4.86. The van der Waals surface area contributed by atoms with Crippen LogP contribution in [0.1, 0.15) is 5.56 Å². The molecule has 0 aromatic heterocycles. The minimum atomic E-state index is -4.40. The normalized spacial score (nSPS) is 20.9. The first-order chi connectivity index (χ1) is 9.34. The van der Waals surface area contributed by atoms with Gasteiger partial charge < -0.3 is 15.0 Å². The molecule has 0 amide bonds. The van der Waals surface area contributed by atoms with E-state index in [9.17, 15) is 13.2 Å². The number of nitrogens with zero attached hydrogens (tertiary/aromatic N) is 1.